The highest BCUT2D eigenvalue weighted by Gasteiger charge is 2.33. The number of aliphatic imine (C=N–C) groups is 1. The minimum atomic E-state index is 0. The van der Waals surface area contributed by atoms with Gasteiger partial charge >= 0.3 is 0 Å². The van der Waals surface area contributed by atoms with Crippen LogP contribution in [0.25, 0.3) is 6.08 Å². The highest BCUT2D eigenvalue weighted by Crippen LogP contribution is 2.34. The second-order valence-corrected chi connectivity index (χ2v) is 8.91. The summed E-state index contributed by atoms with van der Waals surface area (Å²) >= 11 is 3.16. The van der Waals surface area contributed by atoms with Crippen LogP contribution < -0.4 is 0 Å². The van der Waals surface area contributed by atoms with Gasteiger partial charge in [0.25, 0.3) is 5.91 Å². The Morgan fingerprint density at radius 2 is 1.77 bits per heavy atom. The normalized spacial score (nSPS) is 19.8. The Morgan fingerprint density at radius 3 is 2.45 bits per heavy atom. The third-order valence-corrected chi connectivity index (χ3v) is 6.78. The number of nitrogens with zero attached hydrogens (tertiary/aromatic N) is 3. The third kappa shape index (κ3) is 6.37. The fraction of sp³-hybridized carbons (Fsp3) is 0.304. The molecule has 8 heteroatoms. The lowest BCUT2D eigenvalue weighted by Gasteiger charge is -2.28. The first-order valence-corrected chi connectivity index (χ1v) is 12.1. The van der Waals surface area contributed by atoms with Crippen LogP contribution in [0, 0.1) is 0 Å². The molecule has 1 amide bonds. The maximum absolute atomic E-state index is 13.2. The minimum Gasteiger partial charge on any atom is -0.379 e. The SMILES string of the molecule is CSc1ccc(/C=C2\SC(=Nc3ccccc3)N(CCN3CCOCC3)C2=O)cc1.Cl. The molecule has 2 saturated heterocycles. The van der Waals surface area contributed by atoms with E-state index < -0.39 is 0 Å². The van der Waals surface area contributed by atoms with Crippen LogP contribution in [-0.4, -0.2) is 66.5 Å². The van der Waals surface area contributed by atoms with Gasteiger partial charge in [0, 0.05) is 31.1 Å². The molecule has 2 heterocycles. The van der Waals surface area contributed by atoms with Gasteiger partial charge in [-0.1, -0.05) is 30.3 Å². The van der Waals surface area contributed by atoms with Crippen LogP contribution in [-0.2, 0) is 9.53 Å². The number of hydrogen-bond donors (Lipinski definition) is 0. The second-order valence-electron chi connectivity index (χ2n) is 7.02. The Hall–Kier alpha value is -1.77. The predicted molar refractivity (Wildman–Crippen MR) is 134 cm³/mol. The monoisotopic (exact) mass is 475 g/mol. The lowest BCUT2D eigenvalue weighted by atomic mass is 10.2. The Labute approximate surface area is 198 Å². The van der Waals surface area contributed by atoms with Crippen molar-refractivity contribution in [3.8, 4) is 0 Å². The summed E-state index contributed by atoms with van der Waals surface area (Å²) in [7, 11) is 0. The summed E-state index contributed by atoms with van der Waals surface area (Å²) in [4.78, 5) is 24.1. The van der Waals surface area contributed by atoms with Gasteiger partial charge in [-0.2, -0.15) is 0 Å². The van der Waals surface area contributed by atoms with Crippen molar-refractivity contribution >= 4 is 58.8 Å². The number of carbonyl (C=O) groups is 1. The Balaban J connectivity index is 0.00000272. The van der Waals surface area contributed by atoms with Gasteiger partial charge in [-0.05, 0) is 53.9 Å². The number of amides is 1. The van der Waals surface area contributed by atoms with E-state index in [1.807, 2.05) is 41.3 Å². The lowest BCUT2D eigenvalue weighted by Crippen LogP contribution is -2.42. The largest absolute Gasteiger partial charge is 0.379 e. The molecular formula is C23H26ClN3O2S2. The summed E-state index contributed by atoms with van der Waals surface area (Å²) in [5.41, 5.74) is 1.88. The number of thioether (sulfide) groups is 2. The van der Waals surface area contributed by atoms with Crippen molar-refractivity contribution in [3.63, 3.8) is 0 Å². The van der Waals surface area contributed by atoms with Crippen molar-refractivity contribution < 1.29 is 9.53 Å². The van der Waals surface area contributed by atoms with Crippen LogP contribution in [0.15, 0.2) is 69.4 Å². The molecule has 0 saturated carbocycles. The maximum atomic E-state index is 13.2. The van der Waals surface area contributed by atoms with Crippen molar-refractivity contribution in [2.45, 2.75) is 4.90 Å². The number of benzene rings is 2. The molecule has 0 N–H and O–H groups in total. The molecule has 2 aromatic carbocycles. The Kier molecular flexibility index (Phi) is 9.04. The van der Waals surface area contributed by atoms with Gasteiger partial charge in [-0.3, -0.25) is 14.6 Å². The molecule has 164 valence electrons. The second kappa shape index (κ2) is 11.7. The summed E-state index contributed by atoms with van der Waals surface area (Å²) in [6.45, 7) is 4.77. The number of para-hydroxylation sites is 1. The number of halogens is 1. The molecule has 5 nitrogen and oxygen atoms in total. The van der Waals surface area contributed by atoms with E-state index in [2.05, 4.69) is 35.4 Å². The molecule has 0 spiro atoms. The highest BCUT2D eigenvalue weighted by molar-refractivity contribution is 8.18. The summed E-state index contributed by atoms with van der Waals surface area (Å²) in [5, 5.41) is 0.742. The molecule has 0 aromatic heterocycles. The predicted octanol–water partition coefficient (Wildman–Crippen LogP) is 4.77. The van der Waals surface area contributed by atoms with Gasteiger partial charge in [-0.25, -0.2) is 4.99 Å². The first kappa shape index (κ1) is 23.9. The van der Waals surface area contributed by atoms with Crippen molar-refractivity contribution in [3.05, 3.63) is 65.1 Å². The average molecular weight is 476 g/mol. The van der Waals surface area contributed by atoms with Crippen LogP contribution in [0.3, 0.4) is 0 Å². The van der Waals surface area contributed by atoms with Crippen LogP contribution in [0.2, 0.25) is 0 Å². The first-order chi connectivity index (χ1) is 14.7. The summed E-state index contributed by atoms with van der Waals surface area (Å²) in [5.74, 6) is 0.0249. The number of amidine groups is 1. The van der Waals surface area contributed by atoms with Gasteiger partial charge in [0.2, 0.25) is 0 Å². The molecule has 2 aliphatic rings. The zero-order valence-electron chi connectivity index (χ0n) is 17.4. The van der Waals surface area contributed by atoms with Crippen LogP contribution >= 0.6 is 35.9 Å². The first-order valence-electron chi connectivity index (χ1n) is 10.0. The molecule has 2 aliphatic heterocycles. The van der Waals surface area contributed by atoms with E-state index in [1.165, 1.54) is 16.7 Å². The van der Waals surface area contributed by atoms with E-state index in [-0.39, 0.29) is 18.3 Å². The van der Waals surface area contributed by atoms with E-state index in [0.717, 1.165) is 49.3 Å². The molecule has 0 bridgehead atoms. The molecule has 2 aromatic rings. The molecule has 0 atom stereocenters. The zero-order valence-corrected chi connectivity index (χ0v) is 19.8. The van der Waals surface area contributed by atoms with Crippen molar-refractivity contribution in [1.82, 2.24) is 9.80 Å². The van der Waals surface area contributed by atoms with Gasteiger partial charge in [0.05, 0.1) is 23.8 Å². The van der Waals surface area contributed by atoms with E-state index in [9.17, 15) is 4.79 Å². The van der Waals surface area contributed by atoms with Gasteiger partial charge in [0.1, 0.15) is 0 Å². The van der Waals surface area contributed by atoms with E-state index in [4.69, 9.17) is 9.73 Å². The van der Waals surface area contributed by atoms with Crippen molar-refractivity contribution in [2.75, 3.05) is 45.6 Å². The van der Waals surface area contributed by atoms with E-state index in [0.29, 0.717) is 11.4 Å². The molecule has 0 aliphatic carbocycles. The van der Waals surface area contributed by atoms with Crippen LogP contribution in [0.4, 0.5) is 5.69 Å². The van der Waals surface area contributed by atoms with Crippen molar-refractivity contribution in [2.24, 2.45) is 4.99 Å². The molecule has 2 fully saturated rings. The molecular weight excluding hydrogens is 450 g/mol. The standard InChI is InChI=1S/C23H25N3O2S2.ClH/c1-29-20-9-7-18(8-10-20)17-21-22(27)26(12-11-25-13-15-28-16-14-25)23(30-21)24-19-5-3-2-4-6-19;/h2-10,17H,11-16H2,1H3;1H/b21-17-,24-23?;. The molecule has 4 rings (SSSR count). The number of hydrogen-bond acceptors (Lipinski definition) is 6. The number of ether oxygens (including phenoxy) is 1. The van der Waals surface area contributed by atoms with Crippen LogP contribution in [0.5, 0.6) is 0 Å². The molecule has 31 heavy (non-hydrogen) atoms. The minimum absolute atomic E-state index is 0. The third-order valence-electron chi connectivity index (χ3n) is 5.03. The number of carbonyl (C=O) groups excluding carboxylic acids is 1. The van der Waals surface area contributed by atoms with E-state index in [1.54, 1.807) is 11.8 Å². The number of morpholine rings is 1. The fourth-order valence-corrected chi connectivity index (χ4v) is 4.75. The summed E-state index contributed by atoms with van der Waals surface area (Å²) in [6, 6.07) is 18.1. The smallest absolute Gasteiger partial charge is 0.266 e. The maximum Gasteiger partial charge on any atom is 0.266 e. The van der Waals surface area contributed by atoms with Gasteiger partial charge in [0.15, 0.2) is 5.17 Å². The quantitative estimate of drug-likeness (QED) is 0.445. The van der Waals surface area contributed by atoms with Gasteiger partial charge in [-0.15, -0.1) is 24.2 Å². The van der Waals surface area contributed by atoms with Crippen LogP contribution in [0.1, 0.15) is 5.56 Å². The van der Waals surface area contributed by atoms with E-state index >= 15 is 0 Å². The fourth-order valence-electron chi connectivity index (χ4n) is 3.32. The van der Waals surface area contributed by atoms with Crippen molar-refractivity contribution in [1.29, 1.82) is 0 Å². The Bertz CT molecular complexity index is 930. The lowest BCUT2D eigenvalue weighted by molar-refractivity contribution is -0.122. The summed E-state index contributed by atoms with van der Waals surface area (Å²) in [6.07, 6.45) is 4.02. The number of rotatable bonds is 6. The molecule has 0 radical (unpaired) electrons. The Morgan fingerprint density at radius 1 is 1.06 bits per heavy atom. The summed E-state index contributed by atoms with van der Waals surface area (Å²) < 4.78 is 5.43. The average Bonchev–Trinajstić information content (AvgIpc) is 3.08. The molecule has 0 unspecified atom stereocenters. The highest BCUT2D eigenvalue weighted by atomic mass is 35.5. The zero-order chi connectivity index (χ0) is 20.8. The topological polar surface area (TPSA) is 45.1 Å². The van der Waals surface area contributed by atoms with Gasteiger partial charge < -0.3 is 4.74 Å².